The standard InChI is InChI=1S/C48H44Br2F4O5/c1-45(2,35-21-25-39(26-22-35)58-47(49,51)52)31-43(33-13-11-19-41(29-33)55-37-15-7-5-8-16-37)57-44(34-14-12-20-42(30-34)56-38-17-9-6-10-18-38)32-46(3,4)36-23-27-40(28-24-36)59-48(50,53)54/h5-30,43-44H,31-32H2,1-4H3. The van der Waals surface area contributed by atoms with Gasteiger partial charge in [0.2, 0.25) is 0 Å². The number of hydrogen-bond acceptors (Lipinski definition) is 5. The third-order valence-electron chi connectivity index (χ3n) is 9.88. The normalized spacial score (nSPS) is 13.3. The van der Waals surface area contributed by atoms with Gasteiger partial charge in [-0.25, -0.2) is 0 Å². The Morgan fingerprint density at radius 2 is 0.763 bits per heavy atom. The summed E-state index contributed by atoms with van der Waals surface area (Å²) in [5, 5.41) is -7.00. The maximum atomic E-state index is 13.6. The maximum Gasteiger partial charge on any atom is 0.459 e. The molecule has 0 heterocycles. The average molecular weight is 937 g/mol. The fraction of sp³-hybridized carbons (Fsp3) is 0.250. The molecule has 0 spiro atoms. The van der Waals surface area contributed by atoms with Crippen LogP contribution in [-0.2, 0) is 15.6 Å². The predicted octanol–water partition coefficient (Wildman–Crippen LogP) is 15.5. The van der Waals surface area contributed by atoms with Crippen LogP contribution in [-0.4, -0.2) is 10.0 Å². The molecule has 308 valence electrons. The van der Waals surface area contributed by atoms with Crippen molar-refractivity contribution >= 4 is 31.9 Å². The second kappa shape index (κ2) is 18.6. The average Bonchev–Trinajstić information content (AvgIpc) is 3.17. The van der Waals surface area contributed by atoms with Gasteiger partial charge in [-0.3, -0.25) is 0 Å². The van der Waals surface area contributed by atoms with Gasteiger partial charge in [-0.1, -0.05) is 113 Å². The molecule has 0 saturated carbocycles. The van der Waals surface area contributed by atoms with Gasteiger partial charge >= 0.3 is 10.0 Å². The minimum Gasteiger partial charge on any atom is -0.457 e. The van der Waals surface area contributed by atoms with E-state index < -0.39 is 33.1 Å². The molecule has 11 heteroatoms. The monoisotopic (exact) mass is 934 g/mol. The fourth-order valence-electron chi connectivity index (χ4n) is 6.87. The molecule has 0 N–H and O–H groups in total. The summed E-state index contributed by atoms with van der Waals surface area (Å²) < 4.78 is 83.7. The van der Waals surface area contributed by atoms with E-state index >= 15 is 0 Å². The third kappa shape index (κ3) is 13.1. The van der Waals surface area contributed by atoms with E-state index in [1.807, 2.05) is 109 Å². The lowest BCUT2D eigenvalue weighted by Crippen LogP contribution is -2.27. The molecule has 6 rings (SSSR count). The highest BCUT2D eigenvalue weighted by Gasteiger charge is 2.34. The van der Waals surface area contributed by atoms with E-state index in [2.05, 4.69) is 59.6 Å². The Kier molecular flexibility index (Phi) is 13.8. The SMILES string of the molecule is CC(C)(CC(OC(CC(C)(C)c1ccc(OC(F)(F)Br)cc1)c1cccc(Oc2ccccc2)c1)c1cccc(Oc2ccccc2)c1)c1ccc(OC(F)(F)Br)cc1. The molecule has 2 unspecified atom stereocenters. The number of benzene rings is 6. The Bertz CT molecular complexity index is 2080. The Morgan fingerprint density at radius 3 is 1.10 bits per heavy atom. The van der Waals surface area contributed by atoms with Crippen molar-refractivity contribution in [3.05, 3.63) is 180 Å². The smallest absolute Gasteiger partial charge is 0.457 e. The van der Waals surface area contributed by atoms with Crippen LogP contribution in [0.15, 0.2) is 158 Å². The lowest BCUT2D eigenvalue weighted by Gasteiger charge is -2.36. The minimum absolute atomic E-state index is 0.0189. The number of para-hydroxylation sites is 2. The van der Waals surface area contributed by atoms with Crippen LogP contribution in [0.1, 0.15) is 75.0 Å². The summed E-state index contributed by atoms with van der Waals surface area (Å²) >= 11 is 4.49. The lowest BCUT2D eigenvalue weighted by atomic mass is 9.77. The second-order valence-corrected chi connectivity index (χ2v) is 17.3. The first-order chi connectivity index (χ1) is 27.9. The van der Waals surface area contributed by atoms with E-state index in [0.717, 1.165) is 22.3 Å². The van der Waals surface area contributed by atoms with Crippen molar-refractivity contribution in [1.29, 1.82) is 0 Å². The molecular weight excluding hydrogens is 892 g/mol. The first-order valence-electron chi connectivity index (χ1n) is 18.9. The van der Waals surface area contributed by atoms with Crippen molar-refractivity contribution in [2.45, 2.75) is 73.6 Å². The Hall–Kier alpha value is -4.84. The zero-order valence-corrected chi connectivity index (χ0v) is 36.1. The van der Waals surface area contributed by atoms with Crippen LogP contribution in [0, 0.1) is 0 Å². The molecule has 0 fully saturated rings. The highest BCUT2D eigenvalue weighted by molar-refractivity contribution is 9.10. The van der Waals surface area contributed by atoms with E-state index in [1.165, 1.54) is 24.3 Å². The molecule has 59 heavy (non-hydrogen) atoms. The maximum absolute atomic E-state index is 13.6. The van der Waals surface area contributed by atoms with E-state index in [-0.39, 0.29) is 11.5 Å². The van der Waals surface area contributed by atoms with Gasteiger partial charge in [0, 0.05) is 31.9 Å². The van der Waals surface area contributed by atoms with Crippen LogP contribution in [0.4, 0.5) is 17.6 Å². The summed E-state index contributed by atoms with van der Waals surface area (Å²) in [6.07, 6.45) is -0.103. The van der Waals surface area contributed by atoms with E-state index in [0.29, 0.717) is 35.8 Å². The summed E-state index contributed by atoms with van der Waals surface area (Å²) in [6.45, 7) is 8.32. The largest absolute Gasteiger partial charge is 0.459 e. The van der Waals surface area contributed by atoms with Crippen LogP contribution in [0.5, 0.6) is 34.5 Å². The molecule has 6 aromatic carbocycles. The van der Waals surface area contributed by atoms with E-state index in [1.54, 1.807) is 24.3 Å². The summed E-state index contributed by atoms with van der Waals surface area (Å²) in [6, 6.07) is 47.8. The second-order valence-electron chi connectivity index (χ2n) is 15.4. The molecule has 6 aromatic rings. The Labute approximate surface area is 359 Å². The van der Waals surface area contributed by atoms with Crippen LogP contribution in [0.2, 0.25) is 0 Å². The Balaban J connectivity index is 1.39. The quantitative estimate of drug-likeness (QED) is 0.0635. The molecule has 0 aliphatic rings. The molecule has 0 bridgehead atoms. The minimum atomic E-state index is -3.50. The van der Waals surface area contributed by atoms with Gasteiger partial charge in [0.25, 0.3) is 0 Å². The summed E-state index contributed by atoms with van der Waals surface area (Å²) in [4.78, 5) is 0. The van der Waals surface area contributed by atoms with E-state index in [4.69, 9.17) is 23.7 Å². The number of alkyl halides is 6. The van der Waals surface area contributed by atoms with Crippen molar-refractivity contribution in [2.75, 3.05) is 0 Å². The molecule has 0 aliphatic heterocycles. The molecule has 0 aliphatic carbocycles. The molecule has 5 nitrogen and oxygen atoms in total. The van der Waals surface area contributed by atoms with Crippen LogP contribution in [0.3, 0.4) is 0 Å². The van der Waals surface area contributed by atoms with Gasteiger partial charge in [0.05, 0.1) is 12.2 Å². The molecule has 0 amide bonds. The van der Waals surface area contributed by atoms with Crippen molar-refractivity contribution in [1.82, 2.24) is 0 Å². The van der Waals surface area contributed by atoms with Gasteiger partial charge in [-0.05, 0) is 119 Å². The van der Waals surface area contributed by atoms with Crippen LogP contribution < -0.4 is 18.9 Å². The number of rotatable bonds is 18. The predicted molar refractivity (Wildman–Crippen MR) is 230 cm³/mol. The van der Waals surface area contributed by atoms with Gasteiger partial charge in [0.15, 0.2) is 0 Å². The van der Waals surface area contributed by atoms with Crippen molar-refractivity contribution in [2.24, 2.45) is 0 Å². The Morgan fingerprint density at radius 1 is 0.424 bits per heavy atom. The van der Waals surface area contributed by atoms with Crippen molar-refractivity contribution in [3.8, 4) is 34.5 Å². The van der Waals surface area contributed by atoms with Gasteiger partial charge in [-0.2, -0.15) is 17.6 Å². The van der Waals surface area contributed by atoms with Gasteiger partial charge in [0.1, 0.15) is 34.5 Å². The molecule has 0 aromatic heterocycles. The number of halogens is 6. The topological polar surface area (TPSA) is 46.2 Å². The lowest BCUT2D eigenvalue weighted by molar-refractivity contribution is -0.0810. The highest BCUT2D eigenvalue weighted by atomic mass is 79.9. The highest BCUT2D eigenvalue weighted by Crippen LogP contribution is 2.45. The summed E-state index contributed by atoms with van der Waals surface area (Å²) in [7, 11) is 0. The summed E-state index contributed by atoms with van der Waals surface area (Å²) in [5.41, 5.74) is 2.42. The number of hydrogen-bond donors (Lipinski definition) is 0. The molecule has 0 radical (unpaired) electrons. The zero-order valence-electron chi connectivity index (χ0n) is 32.9. The van der Waals surface area contributed by atoms with Gasteiger partial charge in [-0.15, -0.1) is 0 Å². The number of ether oxygens (including phenoxy) is 5. The summed E-state index contributed by atoms with van der Waals surface area (Å²) in [5.74, 6) is 2.67. The molecular formula is C48H44Br2F4O5. The van der Waals surface area contributed by atoms with Crippen LogP contribution >= 0.6 is 31.9 Å². The first kappa shape index (κ1) is 43.7. The zero-order chi connectivity index (χ0) is 42.3. The van der Waals surface area contributed by atoms with Gasteiger partial charge < -0.3 is 23.7 Å². The molecule has 0 saturated heterocycles. The van der Waals surface area contributed by atoms with Crippen molar-refractivity contribution < 1.29 is 41.2 Å². The molecule has 2 atom stereocenters. The first-order valence-corrected chi connectivity index (χ1v) is 20.5. The third-order valence-corrected chi connectivity index (χ3v) is 10.2. The van der Waals surface area contributed by atoms with Crippen LogP contribution in [0.25, 0.3) is 0 Å². The fourth-order valence-corrected chi connectivity index (χ4v) is 7.25. The van der Waals surface area contributed by atoms with Crippen molar-refractivity contribution in [3.63, 3.8) is 0 Å². The van der Waals surface area contributed by atoms with E-state index in [9.17, 15) is 17.6 Å².